The summed E-state index contributed by atoms with van der Waals surface area (Å²) in [5.74, 6) is 1.43. The molecule has 0 aliphatic rings. The standard InChI is InChI=1S/C17H15ClN2O4/c1-11-15(10-23-13-5-2-4-12(18)8-13)16(20-24-11)17(21)19-9-14-6-3-7-22-14/h2-8H,9-10H2,1H3,(H,19,21). The van der Waals surface area contributed by atoms with Crippen LogP contribution in [0.25, 0.3) is 0 Å². The number of aromatic nitrogens is 1. The average molecular weight is 347 g/mol. The molecule has 124 valence electrons. The second kappa shape index (κ2) is 7.23. The fraction of sp³-hybridized carbons (Fsp3) is 0.176. The number of carbonyl (C=O) groups excluding carboxylic acids is 1. The van der Waals surface area contributed by atoms with Gasteiger partial charge >= 0.3 is 0 Å². The number of rotatable bonds is 6. The SMILES string of the molecule is Cc1onc(C(=O)NCc2ccco2)c1COc1cccc(Cl)c1. The number of halogens is 1. The molecule has 0 aliphatic heterocycles. The molecule has 3 rings (SSSR count). The van der Waals surface area contributed by atoms with E-state index in [-0.39, 0.29) is 24.8 Å². The van der Waals surface area contributed by atoms with Crippen LogP contribution >= 0.6 is 11.6 Å². The number of amides is 1. The van der Waals surface area contributed by atoms with Crippen molar-refractivity contribution < 1.29 is 18.5 Å². The number of carbonyl (C=O) groups is 1. The Hall–Kier alpha value is -2.73. The minimum atomic E-state index is -0.354. The highest BCUT2D eigenvalue weighted by atomic mass is 35.5. The summed E-state index contributed by atoms with van der Waals surface area (Å²) in [5, 5.41) is 7.13. The van der Waals surface area contributed by atoms with E-state index in [4.69, 9.17) is 25.3 Å². The number of furan rings is 1. The smallest absolute Gasteiger partial charge is 0.274 e. The molecule has 6 nitrogen and oxygen atoms in total. The van der Waals surface area contributed by atoms with Gasteiger partial charge in [-0.25, -0.2) is 0 Å². The monoisotopic (exact) mass is 346 g/mol. The third kappa shape index (κ3) is 3.78. The summed E-state index contributed by atoms with van der Waals surface area (Å²) in [6.07, 6.45) is 1.55. The predicted molar refractivity (Wildman–Crippen MR) is 86.9 cm³/mol. The van der Waals surface area contributed by atoms with Crippen molar-refractivity contribution in [3.63, 3.8) is 0 Å². The van der Waals surface area contributed by atoms with E-state index in [1.165, 1.54) is 0 Å². The first-order valence-electron chi connectivity index (χ1n) is 7.27. The van der Waals surface area contributed by atoms with Gasteiger partial charge in [0.1, 0.15) is 23.9 Å². The molecule has 0 atom stereocenters. The lowest BCUT2D eigenvalue weighted by molar-refractivity contribution is 0.0936. The zero-order valence-corrected chi connectivity index (χ0v) is 13.7. The maximum atomic E-state index is 12.3. The molecule has 1 amide bonds. The fourth-order valence-corrected chi connectivity index (χ4v) is 2.30. The van der Waals surface area contributed by atoms with Crippen LogP contribution in [0.5, 0.6) is 5.75 Å². The summed E-state index contributed by atoms with van der Waals surface area (Å²) in [5.41, 5.74) is 0.785. The fourth-order valence-electron chi connectivity index (χ4n) is 2.12. The Bertz CT molecular complexity index is 827. The van der Waals surface area contributed by atoms with E-state index >= 15 is 0 Å². The van der Waals surface area contributed by atoms with E-state index in [0.717, 1.165) is 0 Å². The van der Waals surface area contributed by atoms with Crippen LogP contribution in [0.1, 0.15) is 27.6 Å². The summed E-state index contributed by atoms with van der Waals surface area (Å²) in [6.45, 7) is 2.15. The quantitative estimate of drug-likeness (QED) is 0.735. The van der Waals surface area contributed by atoms with E-state index in [2.05, 4.69) is 10.5 Å². The normalized spacial score (nSPS) is 10.6. The van der Waals surface area contributed by atoms with Gasteiger partial charge in [0.15, 0.2) is 5.69 Å². The third-order valence-electron chi connectivity index (χ3n) is 3.38. The van der Waals surface area contributed by atoms with Crippen LogP contribution in [0.4, 0.5) is 0 Å². The van der Waals surface area contributed by atoms with Crippen LogP contribution in [-0.2, 0) is 13.2 Å². The van der Waals surface area contributed by atoms with Crippen LogP contribution in [-0.4, -0.2) is 11.1 Å². The van der Waals surface area contributed by atoms with Gasteiger partial charge in [-0.2, -0.15) is 0 Å². The second-order valence-electron chi connectivity index (χ2n) is 5.07. The number of nitrogens with zero attached hydrogens (tertiary/aromatic N) is 1. The molecule has 0 radical (unpaired) electrons. The zero-order chi connectivity index (χ0) is 16.9. The van der Waals surface area contributed by atoms with Gasteiger partial charge < -0.3 is 19.0 Å². The van der Waals surface area contributed by atoms with Crippen molar-refractivity contribution in [2.75, 3.05) is 0 Å². The molecule has 0 unspecified atom stereocenters. The lowest BCUT2D eigenvalue weighted by atomic mass is 10.2. The maximum Gasteiger partial charge on any atom is 0.274 e. The molecule has 2 aromatic heterocycles. The Morgan fingerprint density at radius 2 is 2.21 bits per heavy atom. The molecule has 0 saturated heterocycles. The van der Waals surface area contributed by atoms with Crippen LogP contribution in [0.2, 0.25) is 5.02 Å². The molecule has 7 heteroatoms. The molecule has 0 saturated carbocycles. The van der Waals surface area contributed by atoms with E-state index in [1.54, 1.807) is 49.6 Å². The van der Waals surface area contributed by atoms with E-state index < -0.39 is 0 Å². The Balaban J connectivity index is 1.67. The molecule has 0 aliphatic carbocycles. The predicted octanol–water partition coefficient (Wildman–Crippen LogP) is 3.74. The lowest BCUT2D eigenvalue weighted by Gasteiger charge is -2.07. The largest absolute Gasteiger partial charge is 0.489 e. The third-order valence-corrected chi connectivity index (χ3v) is 3.62. The molecule has 0 bridgehead atoms. The van der Waals surface area contributed by atoms with Gasteiger partial charge in [-0.1, -0.05) is 22.8 Å². The number of aryl methyl sites for hydroxylation is 1. The first kappa shape index (κ1) is 16.1. The zero-order valence-electron chi connectivity index (χ0n) is 12.9. The van der Waals surface area contributed by atoms with Gasteiger partial charge in [-0.15, -0.1) is 0 Å². The molecule has 3 aromatic rings. The van der Waals surface area contributed by atoms with Crippen LogP contribution < -0.4 is 10.1 Å². The summed E-state index contributed by atoms with van der Waals surface area (Å²) in [7, 11) is 0. The van der Waals surface area contributed by atoms with E-state index in [1.807, 2.05) is 0 Å². The highest BCUT2D eigenvalue weighted by Crippen LogP contribution is 2.21. The van der Waals surface area contributed by atoms with E-state index in [9.17, 15) is 4.79 Å². The lowest BCUT2D eigenvalue weighted by Crippen LogP contribution is -2.24. The first-order chi connectivity index (χ1) is 11.6. The van der Waals surface area contributed by atoms with Crippen LogP contribution in [0.3, 0.4) is 0 Å². The second-order valence-corrected chi connectivity index (χ2v) is 5.51. The van der Waals surface area contributed by atoms with Crippen molar-refractivity contribution >= 4 is 17.5 Å². The van der Waals surface area contributed by atoms with Crippen molar-refractivity contribution in [2.45, 2.75) is 20.1 Å². The van der Waals surface area contributed by atoms with Crippen molar-refractivity contribution in [1.29, 1.82) is 0 Å². The number of benzene rings is 1. The molecular weight excluding hydrogens is 332 g/mol. The molecule has 24 heavy (non-hydrogen) atoms. The summed E-state index contributed by atoms with van der Waals surface area (Å²) in [6, 6.07) is 10.6. The van der Waals surface area contributed by atoms with E-state index in [0.29, 0.717) is 27.9 Å². The minimum absolute atomic E-state index is 0.152. The van der Waals surface area contributed by atoms with Crippen molar-refractivity contribution in [2.24, 2.45) is 0 Å². The number of hydrogen-bond acceptors (Lipinski definition) is 5. The van der Waals surface area contributed by atoms with Crippen LogP contribution in [0, 0.1) is 6.92 Å². The number of hydrogen-bond donors (Lipinski definition) is 1. The topological polar surface area (TPSA) is 77.5 Å². The highest BCUT2D eigenvalue weighted by molar-refractivity contribution is 6.30. The van der Waals surface area contributed by atoms with Gasteiger partial charge in [0.2, 0.25) is 0 Å². The van der Waals surface area contributed by atoms with Crippen molar-refractivity contribution in [3.05, 3.63) is 70.5 Å². The Kier molecular flexibility index (Phi) is 4.86. The minimum Gasteiger partial charge on any atom is -0.489 e. The van der Waals surface area contributed by atoms with Gasteiger partial charge in [-0.05, 0) is 37.3 Å². The molecule has 2 heterocycles. The molecular formula is C17H15ClN2O4. The molecule has 0 fully saturated rings. The summed E-state index contributed by atoms with van der Waals surface area (Å²) >= 11 is 5.92. The Morgan fingerprint density at radius 1 is 1.33 bits per heavy atom. The number of ether oxygens (including phenoxy) is 1. The molecule has 1 aromatic carbocycles. The summed E-state index contributed by atoms with van der Waals surface area (Å²) in [4.78, 5) is 12.3. The average Bonchev–Trinajstić information content (AvgIpc) is 3.20. The van der Waals surface area contributed by atoms with Gasteiger partial charge in [-0.3, -0.25) is 4.79 Å². The summed E-state index contributed by atoms with van der Waals surface area (Å²) < 4.78 is 16.0. The van der Waals surface area contributed by atoms with Crippen molar-refractivity contribution in [3.8, 4) is 5.75 Å². The molecule has 0 spiro atoms. The Labute approximate surface area is 143 Å². The van der Waals surface area contributed by atoms with Crippen molar-refractivity contribution in [1.82, 2.24) is 10.5 Å². The van der Waals surface area contributed by atoms with Crippen LogP contribution in [0.15, 0.2) is 51.6 Å². The van der Waals surface area contributed by atoms with Gasteiger partial charge in [0, 0.05) is 5.02 Å². The number of nitrogens with one attached hydrogen (secondary N) is 1. The molecule has 1 N–H and O–H groups in total. The highest BCUT2D eigenvalue weighted by Gasteiger charge is 2.20. The van der Waals surface area contributed by atoms with Gasteiger partial charge in [0.25, 0.3) is 5.91 Å². The van der Waals surface area contributed by atoms with Gasteiger partial charge in [0.05, 0.1) is 18.4 Å². The Morgan fingerprint density at radius 3 is 2.96 bits per heavy atom. The maximum absolute atomic E-state index is 12.3. The first-order valence-corrected chi connectivity index (χ1v) is 7.65.